The van der Waals surface area contributed by atoms with E-state index in [0.29, 0.717) is 5.69 Å². The first kappa shape index (κ1) is 15.8. The average Bonchev–Trinajstić information content (AvgIpc) is 2.46. The normalized spacial score (nSPS) is 10.2. The topological polar surface area (TPSA) is 54.0 Å². The minimum atomic E-state index is -0.0961. The third kappa shape index (κ3) is 6.47. The summed E-state index contributed by atoms with van der Waals surface area (Å²) in [5, 5.41) is 5.90. The van der Waals surface area contributed by atoms with Crippen molar-refractivity contribution in [3.63, 3.8) is 0 Å². The van der Waals surface area contributed by atoms with Crippen molar-refractivity contribution in [1.82, 2.24) is 10.3 Å². The molecule has 106 valence electrons. The molecule has 0 atom stereocenters. The van der Waals surface area contributed by atoms with Gasteiger partial charge in [-0.1, -0.05) is 12.8 Å². The smallest absolute Gasteiger partial charge is 0.269 e. The number of thioether (sulfide) groups is 1. The number of anilines is 1. The van der Waals surface area contributed by atoms with Crippen molar-refractivity contribution >= 4 is 23.4 Å². The van der Waals surface area contributed by atoms with Gasteiger partial charge in [0.2, 0.25) is 0 Å². The van der Waals surface area contributed by atoms with Crippen molar-refractivity contribution in [3.05, 3.63) is 24.0 Å². The summed E-state index contributed by atoms with van der Waals surface area (Å²) in [5.41, 5.74) is 1.37. The maximum Gasteiger partial charge on any atom is 0.269 e. The summed E-state index contributed by atoms with van der Waals surface area (Å²) >= 11 is 1.89. The Morgan fingerprint density at radius 3 is 2.84 bits per heavy atom. The van der Waals surface area contributed by atoms with E-state index in [9.17, 15) is 4.79 Å². The molecule has 0 radical (unpaired) electrons. The number of hydrogen-bond acceptors (Lipinski definition) is 4. The Kier molecular flexibility index (Phi) is 8.05. The van der Waals surface area contributed by atoms with E-state index in [-0.39, 0.29) is 5.91 Å². The summed E-state index contributed by atoms with van der Waals surface area (Å²) in [7, 11) is 1.83. The Balaban J connectivity index is 2.20. The van der Waals surface area contributed by atoms with E-state index >= 15 is 0 Å². The van der Waals surface area contributed by atoms with E-state index in [1.807, 2.05) is 24.9 Å². The predicted molar refractivity (Wildman–Crippen MR) is 83.0 cm³/mol. The molecule has 0 aliphatic carbocycles. The highest BCUT2D eigenvalue weighted by atomic mass is 32.2. The molecule has 0 fully saturated rings. The van der Waals surface area contributed by atoms with Crippen LogP contribution in [0.1, 0.15) is 36.2 Å². The molecule has 4 nitrogen and oxygen atoms in total. The molecule has 0 bridgehead atoms. The first-order valence-electron chi connectivity index (χ1n) is 6.69. The number of rotatable bonds is 9. The molecule has 5 heteroatoms. The van der Waals surface area contributed by atoms with Gasteiger partial charge in [0.25, 0.3) is 5.91 Å². The maximum atomic E-state index is 11.8. The molecule has 0 aliphatic heterocycles. The van der Waals surface area contributed by atoms with Crippen LogP contribution in [0.2, 0.25) is 0 Å². The number of amides is 1. The maximum absolute atomic E-state index is 11.8. The molecular formula is C14H23N3OS. The number of pyridine rings is 1. The van der Waals surface area contributed by atoms with Crippen LogP contribution in [0.15, 0.2) is 18.3 Å². The molecular weight excluding hydrogens is 258 g/mol. The summed E-state index contributed by atoms with van der Waals surface area (Å²) in [6.45, 7) is 0.726. The zero-order chi connectivity index (χ0) is 13.9. The zero-order valence-corrected chi connectivity index (χ0v) is 12.6. The first-order valence-corrected chi connectivity index (χ1v) is 8.08. The molecule has 0 spiro atoms. The van der Waals surface area contributed by atoms with E-state index in [4.69, 9.17) is 0 Å². The van der Waals surface area contributed by atoms with E-state index in [1.54, 1.807) is 12.3 Å². The molecule has 1 aromatic heterocycles. The van der Waals surface area contributed by atoms with Gasteiger partial charge in [0.1, 0.15) is 5.69 Å². The molecule has 0 saturated carbocycles. The molecule has 0 unspecified atom stereocenters. The highest BCUT2D eigenvalue weighted by Crippen LogP contribution is 2.07. The van der Waals surface area contributed by atoms with Gasteiger partial charge in [-0.05, 0) is 37.0 Å². The Morgan fingerprint density at radius 1 is 1.32 bits per heavy atom. The first-order chi connectivity index (χ1) is 9.27. The van der Waals surface area contributed by atoms with Crippen molar-refractivity contribution < 1.29 is 4.79 Å². The lowest BCUT2D eigenvalue weighted by Gasteiger charge is -2.06. The Bertz CT molecular complexity index is 385. The van der Waals surface area contributed by atoms with Gasteiger partial charge >= 0.3 is 0 Å². The van der Waals surface area contributed by atoms with Gasteiger partial charge in [0.15, 0.2) is 0 Å². The summed E-state index contributed by atoms with van der Waals surface area (Å²) < 4.78 is 0. The summed E-state index contributed by atoms with van der Waals surface area (Å²) in [4.78, 5) is 15.9. The van der Waals surface area contributed by atoms with Crippen molar-refractivity contribution in [1.29, 1.82) is 0 Å². The monoisotopic (exact) mass is 281 g/mol. The highest BCUT2D eigenvalue weighted by molar-refractivity contribution is 7.98. The lowest BCUT2D eigenvalue weighted by Crippen LogP contribution is -2.25. The predicted octanol–water partition coefficient (Wildman–Crippen LogP) is 2.78. The molecule has 1 rings (SSSR count). The molecule has 19 heavy (non-hydrogen) atoms. The molecule has 0 saturated heterocycles. The molecule has 0 aromatic carbocycles. The van der Waals surface area contributed by atoms with Crippen LogP contribution in [-0.4, -0.2) is 36.5 Å². The minimum Gasteiger partial charge on any atom is -0.388 e. The number of carbonyl (C=O) groups is 1. The van der Waals surface area contributed by atoms with Crippen molar-refractivity contribution in [2.45, 2.75) is 25.7 Å². The second kappa shape index (κ2) is 9.67. The third-order valence-electron chi connectivity index (χ3n) is 2.84. The van der Waals surface area contributed by atoms with E-state index in [1.165, 1.54) is 25.0 Å². The van der Waals surface area contributed by atoms with Gasteiger partial charge in [0.05, 0.1) is 0 Å². The molecule has 2 N–H and O–H groups in total. The second-order valence-electron chi connectivity index (χ2n) is 4.34. The largest absolute Gasteiger partial charge is 0.388 e. The molecule has 1 heterocycles. The average molecular weight is 281 g/mol. The van der Waals surface area contributed by atoms with Gasteiger partial charge in [-0.2, -0.15) is 11.8 Å². The van der Waals surface area contributed by atoms with Crippen molar-refractivity contribution in [3.8, 4) is 0 Å². The quantitative estimate of drug-likeness (QED) is 0.683. The Hall–Kier alpha value is -1.23. The fraction of sp³-hybridized carbons (Fsp3) is 0.571. The minimum absolute atomic E-state index is 0.0961. The van der Waals surface area contributed by atoms with E-state index < -0.39 is 0 Å². The van der Waals surface area contributed by atoms with Gasteiger partial charge in [-0.25, -0.2) is 0 Å². The fourth-order valence-electron chi connectivity index (χ4n) is 1.73. The zero-order valence-electron chi connectivity index (χ0n) is 11.7. The third-order valence-corrected chi connectivity index (χ3v) is 3.54. The second-order valence-corrected chi connectivity index (χ2v) is 5.33. The van der Waals surface area contributed by atoms with Crippen molar-refractivity contribution in [2.75, 3.05) is 30.9 Å². The number of aromatic nitrogens is 1. The molecule has 0 aliphatic rings. The molecule has 1 amide bonds. The van der Waals surface area contributed by atoms with Crippen LogP contribution in [0.4, 0.5) is 5.69 Å². The number of carbonyl (C=O) groups excluding carboxylic acids is 1. The summed E-state index contributed by atoms with van der Waals surface area (Å²) in [6.07, 6.45) is 8.48. The lowest BCUT2D eigenvalue weighted by atomic mass is 10.2. The fourth-order valence-corrected chi connectivity index (χ4v) is 2.22. The van der Waals surface area contributed by atoms with Gasteiger partial charge in [0, 0.05) is 25.5 Å². The van der Waals surface area contributed by atoms with Gasteiger partial charge < -0.3 is 10.6 Å². The van der Waals surface area contributed by atoms with Crippen molar-refractivity contribution in [2.24, 2.45) is 0 Å². The number of nitrogens with one attached hydrogen (secondary N) is 2. The van der Waals surface area contributed by atoms with E-state index in [2.05, 4.69) is 21.9 Å². The summed E-state index contributed by atoms with van der Waals surface area (Å²) in [6, 6.07) is 3.59. The van der Waals surface area contributed by atoms with E-state index in [0.717, 1.165) is 18.7 Å². The lowest BCUT2D eigenvalue weighted by molar-refractivity contribution is 0.0948. The number of hydrogen-bond donors (Lipinski definition) is 2. The van der Waals surface area contributed by atoms with Gasteiger partial charge in [-0.15, -0.1) is 0 Å². The van der Waals surface area contributed by atoms with Crippen LogP contribution in [0.5, 0.6) is 0 Å². The number of nitrogens with zero attached hydrogens (tertiary/aromatic N) is 1. The van der Waals surface area contributed by atoms with Crippen LogP contribution in [0.25, 0.3) is 0 Å². The van der Waals surface area contributed by atoms with Gasteiger partial charge in [-0.3, -0.25) is 9.78 Å². The van der Waals surface area contributed by atoms with Crippen LogP contribution in [0, 0.1) is 0 Å². The van der Waals surface area contributed by atoms with Crippen LogP contribution >= 0.6 is 11.8 Å². The summed E-state index contributed by atoms with van der Waals surface area (Å²) in [5.74, 6) is 1.13. The molecule has 1 aromatic rings. The highest BCUT2D eigenvalue weighted by Gasteiger charge is 2.06. The van der Waals surface area contributed by atoms with Crippen LogP contribution in [-0.2, 0) is 0 Å². The standard InChI is InChI=1S/C14H23N3OS/c1-15-12-7-9-16-13(11-12)14(18)17-8-5-3-4-6-10-19-2/h7,9,11H,3-6,8,10H2,1-2H3,(H,15,16)(H,17,18). The Labute approximate surface area is 119 Å². The van der Waals surface area contributed by atoms with Crippen LogP contribution < -0.4 is 10.6 Å². The number of unbranched alkanes of at least 4 members (excludes halogenated alkanes) is 3. The SMILES string of the molecule is CNc1ccnc(C(=O)NCCCCCCSC)c1. The van der Waals surface area contributed by atoms with Crippen LogP contribution in [0.3, 0.4) is 0 Å². The Morgan fingerprint density at radius 2 is 2.11 bits per heavy atom.